The Balaban J connectivity index is 2.63. The number of halogens is 3. The standard InChI is InChI=1S/C12H22F3NO/c1-3-16-10(6-9-12(13,14)15)11(17-2)7-4-5-8-11/h10,16H,3-9H2,1-2H3. The number of hydrogen-bond donors (Lipinski definition) is 1. The highest BCUT2D eigenvalue weighted by atomic mass is 19.4. The fourth-order valence-corrected chi connectivity index (χ4v) is 2.77. The highest BCUT2D eigenvalue weighted by molar-refractivity contribution is 4.96. The topological polar surface area (TPSA) is 21.3 Å². The van der Waals surface area contributed by atoms with Gasteiger partial charge in [-0.05, 0) is 25.8 Å². The monoisotopic (exact) mass is 253 g/mol. The molecule has 1 aliphatic carbocycles. The van der Waals surface area contributed by atoms with Gasteiger partial charge in [0.1, 0.15) is 0 Å². The van der Waals surface area contributed by atoms with Gasteiger partial charge in [-0.25, -0.2) is 0 Å². The van der Waals surface area contributed by atoms with Gasteiger partial charge in [-0.1, -0.05) is 19.8 Å². The van der Waals surface area contributed by atoms with Crippen molar-refractivity contribution in [3.05, 3.63) is 0 Å². The molecule has 0 amide bonds. The molecular weight excluding hydrogens is 231 g/mol. The van der Waals surface area contributed by atoms with E-state index < -0.39 is 12.6 Å². The molecule has 0 bridgehead atoms. The van der Waals surface area contributed by atoms with Gasteiger partial charge < -0.3 is 10.1 Å². The number of rotatable bonds is 6. The molecule has 0 aliphatic heterocycles. The lowest BCUT2D eigenvalue weighted by Gasteiger charge is -2.37. The smallest absolute Gasteiger partial charge is 0.377 e. The van der Waals surface area contributed by atoms with Gasteiger partial charge in [0.25, 0.3) is 0 Å². The van der Waals surface area contributed by atoms with Crippen LogP contribution in [-0.2, 0) is 4.74 Å². The van der Waals surface area contributed by atoms with Crippen LogP contribution in [0.4, 0.5) is 13.2 Å². The van der Waals surface area contributed by atoms with Gasteiger partial charge in [0, 0.05) is 19.6 Å². The number of alkyl halides is 3. The van der Waals surface area contributed by atoms with Crippen molar-refractivity contribution in [1.29, 1.82) is 0 Å². The Kier molecular flexibility index (Phi) is 5.25. The van der Waals surface area contributed by atoms with Crippen LogP contribution in [-0.4, -0.2) is 31.5 Å². The molecule has 1 aliphatic rings. The van der Waals surface area contributed by atoms with E-state index in [4.69, 9.17) is 4.74 Å². The van der Waals surface area contributed by atoms with E-state index in [1.807, 2.05) is 6.92 Å². The molecule has 102 valence electrons. The highest BCUT2D eigenvalue weighted by Gasteiger charge is 2.42. The third-order valence-electron chi connectivity index (χ3n) is 3.66. The Hall–Kier alpha value is -0.290. The van der Waals surface area contributed by atoms with Gasteiger partial charge in [-0.2, -0.15) is 13.2 Å². The van der Waals surface area contributed by atoms with Crippen LogP contribution in [0.3, 0.4) is 0 Å². The van der Waals surface area contributed by atoms with E-state index in [1.54, 1.807) is 7.11 Å². The Morgan fingerprint density at radius 2 is 1.88 bits per heavy atom. The number of nitrogens with one attached hydrogen (secondary N) is 1. The van der Waals surface area contributed by atoms with Crippen molar-refractivity contribution in [3.63, 3.8) is 0 Å². The van der Waals surface area contributed by atoms with Crippen molar-refractivity contribution in [2.75, 3.05) is 13.7 Å². The maximum atomic E-state index is 12.3. The van der Waals surface area contributed by atoms with E-state index >= 15 is 0 Å². The van der Waals surface area contributed by atoms with Gasteiger partial charge >= 0.3 is 6.18 Å². The fraction of sp³-hybridized carbons (Fsp3) is 1.00. The maximum Gasteiger partial charge on any atom is 0.389 e. The van der Waals surface area contributed by atoms with E-state index in [-0.39, 0.29) is 18.1 Å². The Labute approximate surface area is 101 Å². The first-order valence-corrected chi connectivity index (χ1v) is 6.29. The molecular formula is C12H22F3NO. The Bertz CT molecular complexity index is 224. The highest BCUT2D eigenvalue weighted by Crippen LogP contribution is 2.38. The number of ether oxygens (including phenoxy) is 1. The van der Waals surface area contributed by atoms with Crippen molar-refractivity contribution in [2.24, 2.45) is 0 Å². The van der Waals surface area contributed by atoms with Crippen LogP contribution in [0.5, 0.6) is 0 Å². The van der Waals surface area contributed by atoms with Crippen LogP contribution >= 0.6 is 0 Å². The molecule has 5 heteroatoms. The molecule has 0 saturated heterocycles. The van der Waals surface area contributed by atoms with Crippen LogP contribution in [0.2, 0.25) is 0 Å². The molecule has 17 heavy (non-hydrogen) atoms. The van der Waals surface area contributed by atoms with Gasteiger partial charge in [0.2, 0.25) is 0 Å². The quantitative estimate of drug-likeness (QED) is 0.784. The SMILES string of the molecule is CCNC(CCC(F)(F)F)C1(OC)CCCC1. The molecule has 1 rings (SSSR count). The van der Waals surface area contributed by atoms with Crippen LogP contribution in [0.15, 0.2) is 0 Å². The van der Waals surface area contributed by atoms with E-state index in [9.17, 15) is 13.2 Å². The molecule has 0 aromatic rings. The van der Waals surface area contributed by atoms with E-state index in [1.165, 1.54) is 0 Å². The Morgan fingerprint density at radius 1 is 1.29 bits per heavy atom. The minimum atomic E-state index is -4.08. The molecule has 1 unspecified atom stereocenters. The van der Waals surface area contributed by atoms with Crippen molar-refractivity contribution in [1.82, 2.24) is 5.32 Å². The van der Waals surface area contributed by atoms with Gasteiger partial charge in [-0.3, -0.25) is 0 Å². The molecule has 0 spiro atoms. The zero-order valence-electron chi connectivity index (χ0n) is 10.6. The Morgan fingerprint density at radius 3 is 2.29 bits per heavy atom. The van der Waals surface area contributed by atoms with E-state index in [0.717, 1.165) is 25.7 Å². The first kappa shape index (κ1) is 14.8. The first-order chi connectivity index (χ1) is 7.93. The van der Waals surface area contributed by atoms with Crippen LogP contribution < -0.4 is 5.32 Å². The predicted octanol–water partition coefficient (Wildman–Crippen LogP) is 3.27. The van der Waals surface area contributed by atoms with Gasteiger partial charge in [0.15, 0.2) is 0 Å². The van der Waals surface area contributed by atoms with Gasteiger partial charge in [-0.15, -0.1) is 0 Å². The van der Waals surface area contributed by atoms with Crippen molar-refractivity contribution < 1.29 is 17.9 Å². The molecule has 0 aromatic carbocycles. The summed E-state index contributed by atoms with van der Waals surface area (Å²) in [7, 11) is 1.61. The minimum Gasteiger partial charge on any atom is -0.377 e. The average Bonchev–Trinajstić information content (AvgIpc) is 2.72. The number of hydrogen-bond acceptors (Lipinski definition) is 2. The molecule has 0 aromatic heterocycles. The first-order valence-electron chi connectivity index (χ1n) is 6.29. The van der Waals surface area contributed by atoms with E-state index in [0.29, 0.717) is 6.54 Å². The fourth-order valence-electron chi connectivity index (χ4n) is 2.77. The van der Waals surface area contributed by atoms with Crippen LogP contribution in [0.1, 0.15) is 45.4 Å². The molecule has 0 radical (unpaired) electrons. The summed E-state index contributed by atoms with van der Waals surface area (Å²) in [6.45, 7) is 2.59. The molecule has 0 heterocycles. The summed E-state index contributed by atoms with van der Waals surface area (Å²) in [5.74, 6) is 0. The van der Waals surface area contributed by atoms with Crippen molar-refractivity contribution in [2.45, 2.75) is 63.3 Å². The second-order valence-electron chi connectivity index (χ2n) is 4.74. The predicted molar refractivity (Wildman–Crippen MR) is 61.0 cm³/mol. The third kappa shape index (κ3) is 4.14. The summed E-state index contributed by atoms with van der Waals surface area (Å²) in [5, 5.41) is 3.16. The zero-order chi connectivity index (χ0) is 12.9. The lowest BCUT2D eigenvalue weighted by Crippen LogP contribution is -2.50. The number of likely N-dealkylation sites (N-methyl/N-ethyl adjacent to an activating group) is 1. The summed E-state index contributed by atoms with van der Waals surface area (Å²) in [6.07, 6.45) is -0.913. The molecule has 2 nitrogen and oxygen atoms in total. The largest absolute Gasteiger partial charge is 0.389 e. The van der Waals surface area contributed by atoms with Crippen molar-refractivity contribution >= 4 is 0 Å². The summed E-state index contributed by atoms with van der Waals surface area (Å²) in [5.41, 5.74) is -0.388. The van der Waals surface area contributed by atoms with E-state index in [2.05, 4.69) is 5.32 Å². The molecule has 1 saturated carbocycles. The van der Waals surface area contributed by atoms with Gasteiger partial charge in [0.05, 0.1) is 5.60 Å². The molecule has 1 atom stereocenters. The minimum absolute atomic E-state index is 0.102. The molecule has 1 fully saturated rings. The summed E-state index contributed by atoms with van der Waals surface area (Å²) >= 11 is 0. The lowest BCUT2D eigenvalue weighted by atomic mass is 9.88. The second kappa shape index (κ2) is 6.05. The van der Waals surface area contributed by atoms with Crippen LogP contribution in [0.25, 0.3) is 0 Å². The van der Waals surface area contributed by atoms with Crippen LogP contribution in [0, 0.1) is 0 Å². The maximum absolute atomic E-state index is 12.3. The lowest BCUT2D eigenvalue weighted by molar-refractivity contribution is -0.141. The third-order valence-corrected chi connectivity index (χ3v) is 3.66. The summed E-state index contributed by atoms with van der Waals surface area (Å²) in [4.78, 5) is 0. The summed E-state index contributed by atoms with van der Waals surface area (Å²) < 4.78 is 42.5. The second-order valence-corrected chi connectivity index (χ2v) is 4.74. The number of methoxy groups -OCH3 is 1. The molecule has 1 N–H and O–H groups in total. The van der Waals surface area contributed by atoms with Crippen molar-refractivity contribution in [3.8, 4) is 0 Å². The zero-order valence-corrected chi connectivity index (χ0v) is 10.6. The average molecular weight is 253 g/mol. The summed E-state index contributed by atoms with van der Waals surface area (Å²) in [6, 6.07) is -0.193. The normalized spacial score (nSPS) is 21.7.